The molecule has 77 heavy (non-hydrogen) atoms. The molecule has 0 radical (unpaired) electrons. The molecular formula is C59H108N4O13Si. The van der Waals surface area contributed by atoms with E-state index in [0.29, 0.717) is 18.8 Å². The number of hydrogen-bond acceptors (Lipinski definition) is 16. The van der Waals surface area contributed by atoms with Crippen LogP contribution in [0.5, 0.6) is 0 Å². The summed E-state index contributed by atoms with van der Waals surface area (Å²) < 4.78 is 37.2. The van der Waals surface area contributed by atoms with Crippen molar-refractivity contribution >= 4 is 8.56 Å². The number of aliphatic hydroxyl groups excluding tert-OH is 7. The normalized spacial score (nSPS) is 25.0. The Balaban J connectivity index is 1.33. The van der Waals surface area contributed by atoms with Crippen molar-refractivity contribution in [2.75, 3.05) is 33.4 Å². The SMILES string of the molecule is CCCCC/C=C\C/C=C\CCCCCCCCOC(CCCCCCC/C=C\C/C=C\CCCCC)O[Si](C)(C)OCCCCCCN(C)Cc1cn(C2OC(COC3OC(O)C(O)C(O)C3O)C(O)C(O)C2O)nn1. The Morgan fingerprint density at radius 3 is 1.71 bits per heavy atom. The van der Waals surface area contributed by atoms with Gasteiger partial charge in [-0.3, -0.25) is 0 Å². The van der Waals surface area contributed by atoms with Crippen molar-refractivity contribution in [2.45, 2.75) is 281 Å². The lowest BCUT2D eigenvalue weighted by atomic mass is 9.98. The summed E-state index contributed by atoms with van der Waals surface area (Å²) in [5, 5.41) is 80.1. The Labute approximate surface area is 465 Å². The number of aromatic nitrogens is 3. The van der Waals surface area contributed by atoms with Crippen molar-refractivity contribution in [3.63, 3.8) is 0 Å². The van der Waals surface area contributed by atoms with Crippen molar-refractivity contribution in [1.29, 1.82) is 0 Å². The Kier molecular flexibility index (Phi) is 38.2. The number of aliphatic hydroxyl groups is 7. The minimum Gasteiger partial charge on any atom is -0.394 e. The van der Waals surface area contributed by atoms with Crippen LogP contribution in [0, 0.1) is 0 Å². The molecule has 2 saturated heterocycles. The lowest BCUT2D eigenvalue weighted by Crippen LogP contribution is -2.60. The van der Waals surface area contributed by atoms with E-state index in [1.54, 1.807) is 6.20 Å². The first kappa shape index (κ1) is 69.0. The van der Waals surface area contributed by atoms with Gasteiger partial charge in [0.25, 0.3) is 0 Å². The highest BCUT2D eigenvalue weighted by Crippen LogP contribution is 2.30. The van der Waals surface area contributed by atoms with Gasteiger partial charge in [-0.2, -0.15) is 0 Å². The van der Waals surface area contributed by atoms with Gasteiger partial charge >= 0.3 is 8.56 Å². The van der Waals surface area contributed by atoms with Crippen LogP contribution in [0.15, 0.2) is 54.8 Å². The number of unbranched alkanes of at least 4 members (excludes halogenated alkanes) is 20. The first-order chi connectivity index (χ1) is 37.3. The Hall–Kier alpha value is -2.24. The molecule has 0 aliphatic carbocycles. The molecule has 0 bridgehead atoms. The summed E-state index contributed by atoms with van der Waals surface area (Å²) in [7, 11) is -0.437. The summed E-state index contributed by atoms with van der Waals surface area (Å²) in [5.41, 5.74) is 0.608. The van der Waals surface area contributed by atoms with Crippen LogP contribution < -0.4 is 0 Å². The Bertz CT molecular complexity index is 1710. The lowest BCUT2D eigenvalue weighted by Gasteiger charge is -2.42. The first-order valence-electron chi connectivity index (χ1n) is 30.1. The predicted molar refractivity (Wildman–Crippen MR) is 305 cm³/mol. The van der Waals surface area contributed by atoms with E-state index in [1.165, 1.54) is 120 Å². The monoisotopic (exact) mass is 1110 g/mol. The van der Waals surface area contributed by atoms with E-state index in [4.69, 9.17) is 27.8 Å². The maximum absolute atomic E-state index is 10.8. The molecule has 0 spiro atoms. The van der Waals surface area contributed by atoms with E-state index in [-0.39, 0.29) is 6.29 Å². The molecule has 1 aromatic rings. The van der Waals surface area contributed by atoms with Gasteiger partial charge in [-0.25, -0.2) is 4.68 Å². The van der Waals surface area contributed by atoms with Crippen LogP contribution in [0.2, 0.25) is 13.1 Å². The summed E-state index contributed by atoms with van der Waals surface area (Å²) in [6.45, 7) is 11.0. The molecule has 2 aliphatic heterocycles. The number of nitrogens with zero attached hydrogens (tertiary/aromatic N) is 4. The summed E-state index contributed by atoms with van der Waals surface area (Å²) in [6.07, 6.45) is 36.9. The number of hydrogen-bond donors (Lipinski definition) is 7. The molecule has 446 valence electrons. The Morgan fingerprint density at radius 1 is 0.597 bits per heavy atom. The van der Waals surface area contributed by atoms with Gasteiger partial charge in [-0.15, -0.1) is 5.10 Å². The summed E-state index contributed by atoms with van der Waals surface area (Å²) in [4.78, 5) is 2.13. The molecule has 0 saturated carbocycles. The second-order valence-electron chi connectivity index (χ2n) is 21.8. The van der Waals surface area contributed by atoms with Crippen LogP contribution in [0.4, 0.5) is 0 Å². The molecule has 2 fully saturated rings. The van der Waals surface area contributed by atoms with Gasteiger partial charge in [-0.1, -0.05) is 151 Å². The van der Waals surface area contributed by atoms with Gasteiger partial charge in [0.1, 0.15) is 49.0 Å². The minimum atomic E-state index is -2.43. The number of rotatable bonds is 46. The van der Waals surface area contributed by atoms with Crippen molar-refractivity contribution in [1.82, 2.24) is 19.9 Å². The van der Waals surface area contributed by atoms with Crippen molar-refractivity contribution in [3.8, 4) is 0 Å². The molecule has 11 unspecified atom stereocenters. The maximum Gasteiger partial charge on any atom is 0.333 e. The third-order valence-corrected chi connectivity index (χ3v) is 16.0. The minimum absolute atomic E-state index is 0.233. The summed E-state index contributed by atoms with van der Waals surface area (Å²) in [6, 6.07) is 0. The van der Waals surface area contributed by atoms with Crippen LogP contribution in [0.25, 0.3) is 0 Å². The van der Waals surface area contributed by atoms with E-state index in [9.17, 15) is 35.7 Å². The highest BCUT2D eigenvalue weighted by atomic mass is 28.4. The van der Waals surface area contributed by atoms with E-state index >= 15 is 0 Å². The third-order valence-electron chi connectivity index (χ3n) is 14.2. The molecule has 0 amide bonds. The number of ether oxygens (including phenoxy) is 4. The van der Waals surface area contributed by atoms with Crippen LogP contribution in [0.3, 0.4) is 0 Å². The molecule has 3 heterocycles. The molecule has 2 aliphatic rings. The van der Waals surface area contributed by atoms with Crippen LogP contribution >= 0.6 is 0 Å². The summed E-state index contributed by atoms with van der Waals surface area (Å²) in [5.74, 6) is 0. The molecule has 3 rings (SSSR count). The predicted octanol–water partition coefficient (Wildman–Crippen LogP) is 9.73. The van der Waals surface area contributed by atoms with Crippen LogP contribution in [-0.2, 0) is 34.3 Å². The van der Waals surface area contributed by atoms with E-state index in [0.717, 1.165) is 77.4 Å². The topological polar surface area (TPSA) is 231 Å². The van der Waals surface area contributed by atoms with Gasteiger partial charge in [-0.05, 0) is 123 Å². The van der Waals surface area contributed by atoms with E-state index in [2.05, 4.69) is 90.8 Å². The van der Waals surface area contributed by atoms with Crippen molar-refractivity contribution in [2.24, 2.45) is 0 Å². The second-order valence-corrected chi connectivity index (χ2v) is 25.2. The molecule has 7 N–H and O–H groups in total. The lowest BCUT2D eigenvalue weighted by molar-refractivity contribution is -0.349. The van der Waals surface area contributed by atoms with Gasteiger partial charge in [0, 0.05) is 19.8 Å². The smallest absolute Gasteiger partial charge is 0.333 e. The molecule has 1 aromatic heterocycles. The second kappa shape index (κ2) is 42.6. The van der Waals surface area contributed by atoms with Gasteiger partial charge in [0.05, 0.1) is 18.5 Å². The molecule has 0 aromatic carbocycles. The standard InChI is InChI=1S/C59H108N4O13Si/c1-6-8-10-12-14-16-18-20-22-24-26-28-30-32-35-39-43-71-50(41-37-33-31-29-27-25-23-21-19-17-15-13-11-9-7-2)76-77(4,5)73-44-40-36-34-38-42-62(3)45-48-46-63(61-60-48)57-54(67)52(65)51(64)49(74-57)47-72-59-56(69)53(66)55(68)58(70)75-59/h14-17,20-23,46,49-59,64-70H,6-13,18-19,24-45,47H2,1-5H3/b16-14-,17-15-,22-20-,23-21-. The number of allylic oxidation sites excluding steroid dienone is 8. The van der Waals surface area contributed by atoms with E-state index < -0.39 is 76.7 Å². The molecule has 11 atom stereocenters. The van der Waals surface area contributed by atoms with Gasteiger partial charge in [0.2, 0.25) is 0 Å². The highest BCUT2D eigenvalue weighted by molar-refractivity contribution is 6.64. The van der Waals surface area contributed by atoms with Crippen molar-refractivity contribution in [3.05, 3.63) is 60.5 Å². The van der Waals surface area contributed by atoms with Crippen molar-refractivity contribution < 1.29 is 63.5 Å². The fourth-order valence-corrected chi connectivity index (χ4v) is 10.9. The highest BCUT2D eigenvalue weighted by Gasteiger charge is 2.48. The zero-order valence-electron chi connectivity index (χ0n) is 48.3. The zero-order valence-corrected chi connectivity index (χ0v) is 49.3. The van der Waals surface area contributed by atoms with E-state index in [1.807, 2.05) is 7.05 Å². The average molecular weight is 1110 g/mol. The zero-order chi connectivity index (χ0) is 55.9. The Morgan fingerprint density at radius 2 is 1.12 bits per heavy atom. The summed E-state index contributed by atoms with van der Waals surface area (Å²) >= 11 is 0. The largest absolute Gasteiger partial charge is 0.394 e. The third kappa shape index (κ3) is 30.4. The molecule has 17 nitrogen and oxygen atoms in total. The molecule has 18 heteroatoms. The first-order valence-corrected chi connectivity index (χ1v) is 32.9. The fourth-order valence-electron chi connectivity index (χ4n) is 9.42. The van der Waals surface area contributed by atoms with Crippen LogP contribution in [0.1, 0.15) is 206 Å². The maximum atomic E-state index is 10.8. The van der Waals surface area contributed by atoms with Gasteiger partial charge < -0.3 is 68.4 Å². The molecular weight excluding hydrogens is 1000 g/mol. The van der Waals surface area contributed by atoms with Gasteiger partial charge in [0.15, 0.2) is 18.8 Å². The average Bonchev–Trinajstić information content (AvgIpc) is 3.87. The fraction of sp³-hybridized carbons (Fsp3) is 0.831. The quantitative estimate of drug-likeness (QED) is 0.0139. The van der Waals surface area contributed by atoms with Crippen LogP contribution in [-0.4, -0.2) is 159 Å².